The van der Waals surface area contributed by atoms with E-state index in [9.17, 15) is 0 Å². The monoisotopic (exact) mass is 259 g/mol. The fourth-order valence-electron chi connectivity index (χ4n) is 1.48. The standard InChI is InChI=1S/C10H17N3OS2/c1-5(11)10-12-9(13-14-10)8-4-15-6(2)7(3)16-8/h5-8H,4,11H2,1-3H3/t5-,6?,7?,8?/m0/s1. The summed E-state index contributed by atoms with van der Waals surface area (Å²) in [6, 6.07) is -0.182. The van der Waals surface area contributed by atoms with Crippen molar-refractivity contribution < 1.29 is 4.52 Å². The molecule has 2 rings (SSSR count). The summed E-state index contributed by atoms with van der Waals surface area (Å²) in [5, 5.41) is 5.68. The van der Waals surface area contributed by atoms with Crippen molar-refractivity contribution in [3.63, 3.8) is 0 Å². The van der Waals surface area contributed by atoms with Gasteiger partial charge in [0.25, 0.3) is 0 Å². The van der Waals surface area contributed by atoms with E-state index in [1.807, 2.05) is 30.4 Å². The predicted molar refractivity (Wildman–Crippen MR) is 68.6 cm³/mol. The van der Waals surface area contributed by atoms with E-state index in [-0.39, 0.29) is 6.04 Å². The zero-order valence-corrected chi connectivity index (χ0v) is 11.3. The van der Waals surface area contributed by atoms with E-state index in [2.05, 4.69) is 24.0 Å². The van der Waals surface area contributed by atoms with Crippen LogP contribution in [0.2, 0.25) is 0 Å². The summed E-state index contributed by atoms with van der Waals surface area (Å²) in [7, 11) is 0. The second-order valence-corrected chi connectivity index (χ2v) is 7.14. The molecule has 0 amide bonds. The quantitative estimate of drug-likeness (QED) is 0.879. The fourth-order valence-corrected chi connectivity index (χ4v) is 4.32. The van der Waals surface area contributed by atoms with Crippen LogP contribution >= 0.6 is 23.5 Å². The lowest BCUT2D eigenvalue weighted by Crippen LogP contribution is -2.22. The molecule has 1 aromatic rings. The van der Waals surface area contributed by atoms with Crippen molar-refractivity contribution in [2.45, 2.75) is 42.6 Å². The van der Waals surface area contributed by atoms with Crippen molar-refractivity contribution in [3.05, 3.63) is 11.7 Å². The van der Waals surface area contributed by atoms with E-state index in [0.29, 0.717) is 21.6 Å². The van der Waals surface area contributed by atoms with Gasteiger partial charge in [0.15, 0.2) is 5.82 Å². The number of nitrogens with two attached hydrogens (primary N) is 1. The van der Waals surface area contributed by atoms with Crippen molar-refractivity contribution in [1.82, 2.24) is 10.1 Å². The molecule has 0 bridgehead atoms. The largest absolute Gasteiger partial charge is 0.338 e. The summed E-state index contributed by atoms with van der Waals surface area (Å²) >= 11 is 3.90. The Morgan fingerprint density at radius 3 is 2.75 bits per heavy atom. The van der Waals surface area contributed by atoms with Crippen molar-refractivity contribution in [2.24, 2.45) is 5.73 Å². The molecule has 1 saturated heterocycles. The lowest BCUT2D eigenvalue weighted by atomic mass is 10.3. The van der Waals surface area contributed by atoms with Gasteiger partial charge in [-0.3, -0.25) is 0 Å². The Bertz CT molecular complexity index is 356. The smallest absolute Gasteiger partial charge is 0.243 e. The second kappa shape index (κ2) is 4.98. The van der Waals surface area contributed by atoms with Crippen molar-refractivity contribution in [3.8, 4) is 0 Å². The maximum Gasteiger partial charge on any atom is 0.243 e. The molecule has 0 aromatic carbocycles. The van der Waals surface area contributed by atoms with E-state index in [1.165, 1.54) is 0 Å². The molecule has 2 N–H and O–H groups in total. The lowest BCUT2D eigenvalue weighted by molar-refractivity contribution is 0.357. The molecule has 0 saturated carbocycles. The van der Waals surface area contributed by atoms with Gasteiger partial charge in [0.05, 0.1) is 11.3 Å². The molecule has 90 valence electrons. The van der Waals surface area contributed by atoms with Gasteiger partial charge in [-0.1, -0.05) is 19.0 Å². The Morgan fingerprint density at radius 1 is 1.44 bits per heavy atom. The molecule has 4 nitrogen and oxygen atoms in total. The first-order valence-corrected chi connectivity index (χ1v) is 7.43. The maximum absolute atomic E-state index is 5.70. The van der Waals surface area contributed by atoms with Crippen molar-refractivity contribution in [2.75, 3.05) is 5.75 Å². The van der Waals surface area contributed by atoms with Gasteiger partial charge in [0.1, 0.15) is 0 Å². The van der Waals surface area contributed by atoms with E-state index in [0.717, 1.165) is 11.6 Å². The van der Waals surface area contributed by atoms with Gasteiger partial charge < -0.3 is 10.3 Å². The van der Waals surface area contributed by atoms with Gasteiger partial charge >= 0.3 is 0 Å². The Morgan fingerprint density at radius 2 is 2.19 bits per heavy atom. The molecular weight excluding hydrogens is 242 g/mol. The van der Waals surface area contributed by atoms with Gasteiger partial charge in [-0.15, -0.1) is 11.8 Å². The average molecular weight is 259 g/mol. The molecule has 1 fully saturated rings. The summed E-state index contributed by atoms with van der Waals surface area (Å²) in [5.74, 6) is 2.38. The van der Waals surface area contributed by atoms with Crippen LogP contribution in [0.1, 0.15) is 43.8 Å². The summed E-state index contributed by atoms with van der Waals surface area (Å²) in [4.78, 5) is 4.36. The topological polar surface area (TPSA) is 64.9 Å². The highest BCUT2D eigenvalue weighted by Crippen LogP contribution is 2.43. The summed E-state index contributed by atoms with van der Waals surface area (Å²) < 4.78 is 5.13. The molecule has 1 aliphatic heterocycles. The van der Waals surface area contributed by atoms with Crippen molar-refractivity contribution >= 4 is 23.5 Å². The van der Waals surface area contributed by atoms with E-state index >= 15 is 0 Å². The fraction of sp³-hybridized carbons (Fsp3) is 0.800. The average Bonchev–Trinajstić information content (AvgIpc) is 2.71. The van der Waals surface area contributed by atoms with Crippen LogP contribution in [0.15, 0.2) is 4.52 Å². The molecule has 6 heteroatoms. The molecule has 4 atom stereocenters. The highest BCUT2D eigenvalue weighted by molar-refractivity contribution is 8.07. The van der Waals surface area contributed by atoms with Crippen LogP contribution in [0, 0.1) is 0 Å². The summed E-state index contributed by atoms with van der Waals surface area (Å²) in [6.45, 7) is 6.37. The van der Waals surface area contributed by atoms with Crippen LogP contribution in [0.5, 0.6) is 0 Å². The normalized spacial score (nSPS) is 32.6. The molecule has 1 aromatic heterocycles. The Hall–Kier alpha value is -0.200. The number of hydrogen-bond donors (Lipinski definition) is 1. The van der Waals surface area contributed by atoms with Crippen LogP contribution in [0.25, 0.3) is 0 Å². The molecule has 1 aliphatic rings. The summed E-state index contributed by atoms with van der Waals surface area (Å²) in [6.07, 6.45) is 0. The van der Waals surface area contributed by atoms with Gasteiger partial charge in [0.2, 0.25) is 5.89 Å². The summed E-state index contributed by atoms with van der Waals surface area (Å²) in [5.41, 5.74) is 5.70. The van der Waals surface area contributed by atoms with Gasteiger partial charge in [-0.2, -0.15) is 16.7 Å². The van der Waals surface area contributed by atoms with E-state index < -0.39 is 0 Å². The molecular formula is C10H17N3OS2. The number of nitrogens with zero attached hydrogens (tertiary/aromatic N) is 2. The molecule has 0 radical (unpaired) electrons. The number of rotatable bonds is 2. The maximum atomic E-state index is 5.70. The van der Waals surface area contributed by atoms with Crippen LogP contribution in [-0.4, -0.2) is 26.4 Å². The van der Waals surface area contributed by atoms with Gasteiger partial charge in [-0.25, -0.2) is 0 Å². The Balaban J connectivity index is 2.07. The van der Waals surface area contributed by atoms with E-state index in [1.54, 1.807) is 0 Å². The first-order chi connectivity index (χ1) is 7.58. The Labute approximate surface area is 104 Å². The number of aromatic nitrogens is 2. The lowest BCUT2D eigenvalue weighted by Gasteiger charge is -2.29. The van der Waals surface area contributed by atoms with Crippen LogP contribution < -0.4 is 5.73 Å². The molecule has 0 spiro atoms. The van der Waals surface area contributed by atoms with Crippen LogP contribution in [-0.2, 0) is 0 Å². The van der Waals surface area contributed by atoms with Crippen LogP contribution in [0.4, 0.5) is 0 Å². The number of hydrogen-bond acceptors (Lipinski definition) is 6. The van der Waals surface area contributed by atoms with Gasteiger partial charge in [0, 0.05) is 16.3 Å². The highest BCUT2D eigenvalue weighted by atomic mass is 32.2. The molecule has 0 aliphatic carbocycles. The minimum atomic E-state index is -0.182. The SMILES string of the molecule is CC1SCC(c2noc([C@H](C)N)n2)SC1C. The third kappa shape index (κ3) is 2.55. The number of thioether (sulfide) groups is 2. The highest BCUT2D eigenvalue weighted by Gasteiger charge is 2.30. The molecule has 16 heavy (non-hydrogen) atoms. The van der Waals surface area contributed by atoms with E-state index in [4.69, 9.17) is 10.3 Å². The van der Waals surface area contributed by atoms with Crippen LogP contribution in [0.3, 0.4) is 0 Å². The van der Waals surface area contributed by atoms with Gasteiger partial charge in [-0.05, 0) is 6.92 Å². The first-order valence-electron chi connectivity index (χ1n) is 5.44. The third-order valence-electron chi connectivity index (χ3n) is 2.69. The molecule has 2 heterocycles. The van der Waals surface area contributed by atoms with Crippen molar-refractivity contribution in [1.29, 1.82) is 0 Å². The zero-order chi connectivity index (χ0) is 11.7. The third-order valence-corrected chi connectivity index (χ3v) is 6.07. The Kier molecular flexibility index (Phi) is 3.81. The minimum absolute atomic E-state index is 0.182. The second-order valence-electron chi connectivity index (χ2n) is 4.15. The predicted octanol–water partition coefficient (Wildman–Crippen LogP) is 2.39. The minimum Gasteiger partial charge on any atom is -0.338 e. The first kappa shape index (κ1) is 12.3. The molecule has 3 unspecified atom stereocenters. The zero-order valence-electron chi connectivity index (χ0n) is 9.71.